The van der Waals surface area contributed by atoms with Crippen molar-refractivity contribution in [2.24, 2.45) is 10.8 Å². The summed E-state index contributed by atoms with van der Waals surface area (Å²) < 4.78 is 13.1. The fourth-order valence-corrected chi connectivity index (χ4v) is 4.40. The van der Waals surface area contributed by atoms with Crippen molar-refractivity contribution in [3.63, 3.8) is 0 Å². The van der Waals surface area contributed by atoms with Gasteiger partial charge in [-0.1, -0.05) is 31.4 Å². The van der Waals surface area contributed by atoms with E-state index in [-0.39, 0.29) is 11.7 Å². The van der Waals surface area contributed by atoms with Crippen LogP contribution in [-0.2, 0) is 11.2 Å². The van der Waals surface area contributed by atoms with Crippen molar-refractivity contribution in [3.8, 4) is 6.07 Å². The number of nitrogens with zero attached hydrogens (tertiary/aromatic N) is 1. The summed E-state index contributed by atoms with van der Waals surface area (Å²) in [7, 11) is 0. The average Bonchev–Trinajstić information content (AvgIpc) is 3.24. The van der Waals surface area contributed by atoms with Gasteiger partial charge in [-0.2, -0.15) is 5.26 Å². The normalized spacial score (nSPS) is 27.8. The second-order valence-electron chi connectivity index (χ2n) is 7.66. The third-order valence-corrected chi connectivity index (χ3v) is 6.04. The SMILES string of the molecule is N#CC1(C(=O)NCC2(Cc3ccc(F)cc3)CCCC2O)CCCC1. The third kappa shape index (κ3) is 3.55. The molecule has 2 unspecified atom stereocenters. The minimum atomic E-state index is -0.902. The molecule has 0 saturated heterocycles. The number of hydrogen-bond donors (Lipinski definition) is 2. The van der Waals surface area contributed by atoms with Crippen LogP contribution in [0.15, 0.2) is 24.3 Å². The summed E-state index contributed by atoms with van der Waals surface area (Å²) in [6.07, 6.45) is 5.56. The van der Waals surface area contributed by atoms with E-state index in [2.05, 4.69) is 11.4 Å². The molecule has 134 valence electrons. The molecule has 25 heavy (non-hydrogen) atoms. The predicted molar refractivity (Wildman–Crippen MR) is 91.9 cm³/mol. The van der Waals surface area contributed by atoms with Gasteiger partial charge in [0.05, 0.1) is 12.2 Å². The molecule has 5 heteroatoms. The second-order valence-corrected chi connectivity index (χ2v) is 7.66. The van der Waals surface area contributed by atoms with E-state index in [1.807, 2.05) is 0 Å². The van der Waals surface area contributed by atoms with Gasteiger partial charge >= 0.3 is 0 Å². The number of benzene rings is 1. The molecular formula is C20H25FN2O2. The monoisotopic (exact) mass is 344 g/mol. The molecule has 3 rings (SSSR count). The zero-order valence-electron chi connectivity index (χ0n) is 14.4. The standard InChI is InChI=1S/C20H25FN2O2/c21-16-7-5-15(6-8-16)12-20(11-3-4-17(20)24)14-23-18(25)19(13-22)9-1-2-10-19/h5-8,17,24H,1-4,9-12,14H2,(H,23,25). The molecule has 0 bridgehead atoms. The highest BCUT2D eigenvalue weighted by atomic mass is 19.1. The first-order valence-corrected chi connectivity index (χ1v) is 9.12. The highest BCUT2D eigenvalue weighted by Crippen LogP contribution is 2.42. The summed E-state index contributed by atoms with van der Waals surface area (Å²) >= 11 is 0. The molecule has 2 fully saturated rings. The molecular weight excluding hydrogens is 319 g/mol. The zero-order chi connectivity index (χ0) is 17.9. The molecule has 0 heterocycles. The number of halogens is 1. The minimum absolute atomic E-state index is 0.204. The lowest BCUT2D eigenvalue weighted by atomic mass is 9.77. The fraction of sp³-hybridized carbons (Fsp3) is 0.600. The number of nitriles is 1. The lowest BCUT2D eigenvalue weighted by Gasteiger charge is -2.34. The van der Waals surface area contributed by atoms with E-state index in [9.17, 15) is 19.6 Å². The van der Waals surface area contributed by atoms with Gasteiger partial charge < -0.3 is 10.4 Å². The van der Waals surface area contributed by atoms with Gasteiger partial charge in [0.25, 0.3) is 0 Å². The van der Waals surface area contributed by atoms with E-state index in [0.29, 0.717) is 32.2 Å². The number of aliphatic hydroxyl groups excluding tert-OH is 1. The van der Waals surface area contributed by atoms with Crippen molar-refractivity contribution in [1.82, 2.24) is 5.32 Å². The Morgan fingerprint density at radius 2 is 1.92 bits per heavy atom. The number of nitrogens with one attached hydrogen (secondary N) is 1. The fourth-order valence-electron chi connectivity index (χ4n) is 4.40. The molecule has 1 aromatic carbocycles. The molecule has 0 radical (unpaired) electrons. The van der Waals surface area contributed by atoms with Crippen LogP contribution in [0.1, 0.15) is 50.5 Å². The van der Waals surface area contributed by atoms with Gasteiger partial charge in [0.2, 0.25) is 5.91 Å². The molecule has 0 aliphatic heterocycles. The zero-order valence-corrected chi connectivity index (χ0v) is 14.4. The Kier molecular flexibility index (Phi) is 5.10. The van der Waals surface area contributed by atoms with Crippen LogP contribution in [0.5, 0.6) is 0 Å². The highest BCUT2D eigenvalue weighted by molar-refractivity contribution is 5.85. The van der Waals surface area contributed by atoms with E-state index < -0.39 is 16.9 Å². The van der Waals surface area contributed by atoms with E-state index >= 15 is 0 Å². The summed E-state index contributed by atoms with van der Waals surface area (Å²) in [6.45, 7) is 0.355. The Bertz CT molecular complexity index is 661. The van der Waals surface area contributed by atoms with Crippen LogP contribution < -0.4 is 5.32 Å². The van der Waals surface area contributed by atoms with Crippen LogP contribution in [0, 0.1) is 28.0 Å². The number of carbonyl (C=O) groups is 1. The van der Waals surface area contributed by atoms with Gasteiger partial charge in [0.15, 0.2) is 0 Å². The molecule has 4 nitrogen and oxygen atoms in total. The molecule has 2 N–H and O–H groups in total. The Hall–Kier alpha value is -1.93. The van der Waals surface area contributed by atoms with Crippen molar-refractivity contribution in [2.45, 2.75) is 57.5 Å². The van der Waals surface area contributed by atoms with Crippen LogP contribution in [0.3, 0.4) is 0 Å². The van der Waals surface area contributed by atoms with Crippen molar-refractivity contribution < 1.29 is 14.3 Å². The van der Waals surface area contributed by atoms with Crippen molar-refractivity contribution in [2.75, 3.05) is 6.54 Å². The molecule has 0 spiro atoms. The molecule has 2 aliphatic carbocycles. The van der Waals surface area contributed by atoms with Crippen molar-refractivity contribution in [3.05, 3.63) is 35.6 Å². The maximum Gasteiger partial charge on any atom is 0.240 e. The van der Waals surface area contributed by atoms with Crippen LogP contribution in [0.2, 0.25) is 0 Å². The summed E-state index contributed by atoms with van der Waals surface area (Å²) in [6, 6.07) is 8.53. The van der Waals surface area contributed by atoms with Crippen LogP contribution in [0.25, 0.3) is 0 Å². The summed E-state index contributed by atoms with van der Waals surface area (Å²) in [5, 5.41) is 23.0. The van der Waals surface area contributed by atoms with Gasteiger partial charge in [-0.05, 0) is 49.8 Å². The Balaban J connectivity index is 1.72. The molecule has 2 atom stereocenters. The molecule has 0 aromatic heterocycles. The molecule has 1 amide bonds. The minimum Gasteiger partial charge on any atom is -0.392 e. The number of aliphatic hydroxyl groups is 1. The maximum atomic E-state index is 13.1. The van der Waals surface area contributed by atoms with E-state index in [1.54, 1.807) is 12.1 Å². The quantitative estimate of drug-likeness (QED) is 0.862. The first-order valence-electron chi connectivity index (χ1n) is 9.12. The van der Waals surface area contributed by atoms with Gasteiger partial charge in [-0.15, -0.1) is 0 Å². The summed E-state index contributed by atoms with van der Waals surface area (Å²) in [4.78, 5) is 12.6. The number of amides is 1. The number of hydrogen-bond acceptors (Lipinski definition) is 3. The van der Waals surface area contributed by atoms with Gasteiger partial charge in [-0.25, -0.2) is 4.39 Å². The predicted octanol–water partition coefficient (Wildman–Crippen LogP) is 3.10. The first-order chi connectivity index (χ1) is 12.0. The first kappa shape index (κ1) is 17.9. The van der Waals surface area contributed by atoms with Crippen molar-refractivity contribution in [1.29, 1.82) is 5.26 Å². The Morgan fingerprint density at radius 1 is 1.24 bits per heavy atom. The maximum absolute atomic E-state index is 13.1. The Labute approximate surface area is 148 Å². The van der Waals surface area contributed by atoms with Crippen LogP contribution >= 0.6 is 0 Å². The van der Waals surface area contributed by atoms with E-state index in [4.69, 9.17) is 0 Å². The third-order valence-electron chi connectivity index (χ3n) is 6.04. The molecule has 2 aliphatic rings. The highest BCUT2D eigenvalue weighted by Gasteiger charge is 2.45. The van der Waals surface area contributed by atoms with E-state index in [1.165, 1.54) is 12.1 Å². The van der Waals surface area contributed by atoms with E-state index in [0.717, 1.165) is 31.2 Å². The lowest BCUT2D eigenvalue weighted by Crippen LogP contribution is -2.47. The van der Waals surface area contributed by atoms with Gasteiger partial charge in [0.1, 0.15) is 11.2 Å². The smallest absolute Gasteiger partial charge is 0.240 e. The molecule has 1 aromatic rings. The summed E-state index contributed by atoms with van der Waals surface area (Å²) in [5.74, 6) is -0.486. The summed E-state index contributed by atoms with van der Waals surface area (Å²) in [5.41, 5.74) is -0.393. The van der Waals surface area contributed by atoms with Crippen LogP contribution in [-0.4, -0.2) is 23.7 Å². The van der Waals surface area contributed by atoms with Crippen LogP contribution in [0.4, 0.5) is 4.39 Å². The lowest BCUT2D eigenvalue weighted by molar-refractivity contribution is -0.128. The average molecular weight is 344 g/mol. The van der Waals surface area contributed by atoms with Gasteiger partial charge in [-0.3, -0.25) is 4.79 Å². The number of rotatable bonds is 5. The topological polar surface area (TPSA) is 73.1 Å². The van der Waals surface area contributed by atoms with Gasteiger partial charge in [0, 0.05) is 12.0 Å². The second kappa shape index (κ2) is 7.13. The number of carbonyl (C=O) groups excluding carboxylic acids is 1. The largest absolute Gasteiger partial charge is 0.392 e. The molecule has 2 saturated carbocycles. The Morgan fingerprint density at radius 3 is 2.48 bits per heavy atom. The van der Waals surface area contributed by atoms with Crippen molar-refractivity contribution >= 4 is 5.91 Å².